The summed E-state index contributed by atoms with van der Waals surface area (Å²) >= 11 is 5.63. The number of alkyl halides is 1. The molecule has 3 aromatic carbocycles. The smallest absolute Gasteiger partial charge is 0.306 e. The third kappa shape index (κ3) is 9.68. The van der Waals surface area contributed by atoms with Gasteiger partial charge in [-0.1, -0.05) is 30.4 Å². The van der Waals surface area contributed by atoms with E-state index in [9.17, 15) is 25.3 Å². The highest BCUT2D eigenvalue weighted by Gasteiger charge is 2.27. The molecule has 0 spiro atoms. The second-order valence-corrected chi connectivity index (χ2v) is 13.9. The topological polar surface area (TPSA) is 158 Å². The third-order valence-electron chi connectivity index (χ3n) is 5.34. The summed E-state index contributed by atoms with van der Waals surface area (Å²) in [6.07, 6.45) is 5.89. The maximum Gasteiger partial charge on any atom is 0.306 e. The van der Waals surface area contributed by atoms with Gasteiger partial charge in [-0.05, 0) is 41.5 Å². The fourth-order valence-corrected chi connectivity index (χ4v) is 5.35. The Kier molecular flexibility index (Phi) is 10.8. The van der Waals surface area contributed by atoms with Gasteiger partial charge in [0.05, 0.1) is 38.6 Å². The van der Waals surface area contributed by atoms with Crippen LogP contribution >= 0.6 is 11.6 Å². The van der Waals surface area contributed by atoms with Crippen LogP contribution in [-0.2, 0) is 30.4 Å². The fourth-order valence-electron chi connectivity index (χ4n) is 3.84. The van der Waals surface area contributed by atoms with Crippen molar-refractivity contribution in [3.8, 4) is 56.8 Å². The van der Waals surface area contributed by atoms with Crippen LogP contribution in [0.25, 0.3) is 22.3 Å². The number of ether oxygens (including phenoxy) is 3. The SMILES string of the molecule is COc1cc(-c2ccc(OS(C)(=O)=O)cc2)c(OC)c(OS(C)(=O)=O)c1-c1ccc(OC/C=C\CCl)c(OS(C)(=O)=O)c1. The highest BCUT2D eigenvalue weighted by atomic mass is 35.5. The first-order valence-corrected chi connectivity index (χ1v) is 18.1. The first-order chi connectivity index (χ1) is 20.0. The van der Waals surface area contributed by atoms with Crippen molar-refractivity contribution in [3.63, 3.8) is 0 Å². The summed E-state index contributed by atoms with van der Waals surface area (Å²) in [6, 6.07) is 11.7. The maximum atomic E-state index is 12.4. The molecule has 3 aromatic rings. The molecule has 43 heavy (non-hydrogen) atoms. The van der Waals surface area contributed by atoms with E-state index in [-0.39, 0.29) is 58.1 Å². The Labute approximate surface area is 256 Å². The van der Waals surface area contributed by atoms with Crippen LogP contribution in [0.5, 0.6) is 34.5 Å². The van der Waals surface area contributed by atoms with E-state index in [4.69, 9.17) is 38.4 Å². The molecule has 0 radical (unpaired) electrons. The van der Waals surface area contributed by atoms with Crippen molar-refractivity contribution in [2.24, 2.45) is 0 Å². The molecule has 0 saturated carbocycles. The molecule has 0 atom stereocenters. The molecule has 3 rings (SSSR count). The molecular formula is C27H29ClO12S3. The van der Waals surface area contributed by atoms with Crippen molar-refractivity contribution in [2.45, 2.75) is 0 Å². The van der Waals surface area contributed by atoms with Gasteiger partial charge in [0.25, 0.3) is 0 Å². The number of halogens is 1. The van der Waals surface area contributed by atoms with Gasteiger partial charge in [-0.3, -0.25) is 0 Å². The van der Waals surface area contributed by atoms with Gasteiger partial charge < -0.3 is 26.8 Å². The third-order valence-corrected chi connectivity index (χ3v) is 6.96. The van der Waals surface area contributed by atoms with E-state index in [1.165, 1.54) is 56.7 Å². The molecule has 0 aromatic heterocycles. The van der Waals surface area contributed by atoms with Gasteiger partial charge in [-0.25, -0.2) is 0 Å². The Morgan fingerprint density at radius 3 is 1.79 bits per heavy atom. The zero-order chi connectivity index (χ0) is 32.0. The molecule has 0 aliphatic heterocycles. The second-order valence-electron chi connectivity index (χ2n) is 8.85. The van der Waals surface area contributed by atoms with Crippen LogP contribution in [0.2, 0.25) is 0 Å². The lowest BCUT2D eigenvalue weighted by Gasteiger charge is -2.21. The molecule has 12 nitrogen and oxygen atoms in total. The summed E-state index contributed by atoms with van der Waals surface area (Å²) < 4.78 is 104. The molecule has 0 N–H and O–H groups in total. The molecular weight excluding hydrogens is 648 g/mol. The Morgan fingerprint density at radius 2 is 1.26 bits per heavy atom. The molecule has 0 unspecified atom stereocenters. The normalized spacial score (nSPS) is 12.1. The summed E-state index contributed by atoms with van der Waals surface area (Å²) in [5.41, 5.74) is 1.12. The van der Waals surface area contributed by atoms with Crippen LogP contribution < -0.4 is 26.8 Å². The molecule has 0 aliphatic carbocycles. The summed E-state index contributed by atoms with van der Waals surface area (Å²) in [5.74, 6) is 0.0492. The highest BCUT2D eigenvalue weighted by molar-refractivity contribution is 7.86. The minimum Gasteiger partial charge on any atom is -0.496 e. The van der Waals surface area contributed by atoms with Crippen molar-refractivity contribution in [1.29, 1.82) is 0 Å². The molecule has 0 aliphatic rings. The molecule has 16 heteroatoms. The number of hydrogen-bond acceptors (Lipinski definition) is 12. The van der Waals surface area contributed by atoms with E-state index in [2.05, 4.69) is 0 Å². The maximum absolute atomic E-state index is 12.4. The summed E-state index contributed by atoms with van der Waals surface area (Å²) in [5, 5.41) is 0. The van der Waals surface area contributed by atoms with Crippen molar-refractivity contribution >= 4 is 42.0 Å². The average Bonchev–Trinajstić information content (AvgIpc) is 2.89. The van der Waals surface area contributed by atoms with Gasteiger partial charge >= 0.3 is 30.4 Å². The minimum atomic E-state index is -4.15. The van der Waals surface area contributed by atoms with E-state index in [1.54, 1.807) is 18.2 Å². The largest absolute Gasteiger partial charge is 0.496 e. The zero-order valence-corrected chi connectivity index (χ0v) is 26.9. The van der Waals surface area contributed by atoms with Crippen LogP contribution in [0.3, 0.4) is 0 Å². The number of allylic oxidation sites excluding steroid dienone is 1. The number of hydrogen-bond donors (Lipinski definition) is 0. The molecule has 0 heterocycles. The molecule has 0 fully saturated rings. The lowest BCUT2D eigenvalue weighted by Crippen LogP contribution is -2.10. The molecule has 0 bridgehead atoms. The van der Waals surface area contributed by atoms with Gasteiger partial charge in [0, 0.05) is 11.4 Å². The van der Waals surface area contributed by atoms with Crippen LogP contribution in [0, 0.1) is 0 Å². The van der Waals surface area contributed by atoms with Crippen molar-refractivity contribution in [3.05, 3.63) is 60.7 Å². The van der Waals surface area contributed by atoms with Crippen LogP contribution in [0.15, 0.2) is 60.7 Å². The van der Waals surface area contributed by atoms with Crippen LogP contribution in [0.4, 0.5) is 0 Å². The van der Waals surface area contributed by atoms with Gasteiger partial charge in [0.1, 0.15) is 18.1 Å². The Hall–Kier alpha value is -3.66. The predicted molar refractivity (Wildman–Crippen MR) is 162 cm³/mol. The first-order valence-electron chi connectivity index (χ1n) is 12.1. The summed E-state index contributed by atoms with van der Waals surface area (Å²) in [6.45, 7) is 0.0640. The molecule has 0 saturated heterocycles. The Balaban J connectivity index is 2.29. The van der Waals surface area contributed by atoms with Gasteiger partial charge in [-0.2, -0.15) is 25.3 Å². The number of methoxy groups -OCH3 is 2. The van der Waals surface area contributed by atoms with Gasteiger partial charge in [-0.15, -0.1) is 11.6 Å². The van der Waals surface area contributed by atoms with Crippen LogP contribution in [-0.4, -0.2) is 70.7 Å². The van der Waals surface area contributed by atoms with Crippen molar-refractivity contribution in [1.82, 2.24) is 0 Å². The van der Waals surface area contributed by atoms with E-state index < -0.39 is 30.4 Å². The highest BCUT2D eigenvalue weighted by Crippen LogP contribution is 2.51. The lowest BCUT2D eigenvalue weighted by molar-refractivity contribution is 0.348. The van der Waals surface area contributed by atoms with E-state index >= 15 is 0 Å². The van der Waals surface area contributed by atoms with E-state index in [0.29, 0.717) is 11.1 Å². The average molecular weight is 677 g/mol. The summed E-state index contributed by atoms with van der Waals surface area (Å²) in [4.78, 5) is 0. The van der Waals surface area contributed by atoms with E-state index in [0.717, 1.165) is 18.8 Å². The van der Waals surface area contributed by atoms with Crippen molar-refractivity contribution < 1.29 is 52.0 Å². The number of rotatable bonds is 14. The zero-order valence-electron chi connectivity index (χ0n) is 23.7. The summed E-state index contributed by atoms with van der Waals surface area (Å²) in [7, 11) is -9.28. The minimum absolute atomic E-state index is 0.0184. The monoisotopic (exact) mass is 676 g/mol. The first kappa shape index (κ1) is 33.8. The fraction of sp³-hybridized carbons (Fsp3) is 0.259. The predicted octanol–water partition coefficient (Wildman–Crippen LogP) is 4.23. The van der Waals surface area contributed by atoms with Crippen LogP contribution in [0.1, 0.15) is 0 Å². The van der Waals surface area contributed by atoms with Gasteiger partial charge in [0.2, 0.25) is 0 Å². The van der Waals surface area contributed by atoms with E-state index in [1.807, 2.05) is 0 Å². The second kappa shape index (κ2) is 13.8. The quantitative estimate of drug-likeness (QED) is 0.136. The Morgan fingerprint density at radius 1 is 0.651 bits per heavy atom. The number of benzene rings is 3. The van der Waals surface area contributed by atoms with Gasteiger partial charge in [0.15, 0.2) is 23.0 Å². The Bertz CT molecular complexity index is 1820. The lowest BCUT2D eigenvalue weighted by atomic mass is 9.96. The standard InChI is InChI=1S/C27H29ClO12S3/c1-35-24-17-21(18-8-11-20(12-9-18)38-41(3,29)30)26(36-2)27(40-43(5,33)34)25(24)19-10-13-22(37-15-7-6-14-28)23(16-19)39-42(4,31)32/h6-13,16-17H,14-15H2,1-5H3/b7-6-. The molecule has 234 valence electrons. The van der Waals surface area contributed by atoms with Crippen molar-refractivity contribution in [2.75, 3.05) is 45.5 Å². The molecule has 0 amide bonds.